The maximum absolute atomic E-state index is 12.7. The first-order valence-corrected chi connectivity index (χ1v) is 9.77. The van der Waals surface area contributed by atoms with Crippen LogP contribution in [-0.2, 0) is 11.8 Å². The van der Waals surface area contributed by atoms with Crippen molar-refractivity contribution in [3.8, 4) is 11.4 Å². The van der Waals surface area contributed by atoms with E-state index in [0.29, 0.717) is 5.16 Å². The minimum Gasteiger partial charge on any atom is -0.324 e. The van der Waals surface area contributed by atoms with Gasteiger partial charge in [-0.05, 0) is 31.2 Å². The van der Waals surface area contributed by atoms with Crippen molar-refractivity contribution in [1.82, 2.24) is 19.7 Å². The zero-order valence-electron chi connectivity index (χ0n) is 15.5. The normalized spacial score (nSPS) is 12.1. The Bertz CT molecular complexity index is 1120. The molecule has 1 unspecified atom stereocenters. The van der Waals surface area contributed by atoms with Crippen molar-refractivity contribution < 1.29 is 4.79 Å². The monoisotopic (exact) mass is 389 g/mol. The number of hydrogen-bond acceptors (Lipinski definition) is 5. The molecule has 0 aliphatic rings. The molecular weight excluding hydrogens is 370 g/mol. The van der Waals surface area contributed by atoms with Crippen LogP contribution in [0.4, 0.5) is 5.69 Å². The lowest BCUT2D eigenvalue weighted by Gasteiger charge is -2.13. The topological polar surface area (TPSA) is 72.7 Å². The minimum absolute atomic E-state index is 0.0920. The smallest absolute Gasteiger partial charge is 0.237 e. The van der Waals surface area contributed by atoms with Crippen molar-refractivity contribution in [2.45, 2.75) is 17.3 Å². The average molecular weight is 389 g/mol. The van der Waals surface area contributed by atoms with E-state index >= 15 is 0 Å². The number of fused-ring (bicyclic) bond motifs is 1. The van der Waals surface area contributed by atoms with E-state index in [1.165, 1.54) is 11.8 Å². The highest BCUT2D eigenvalue weighted by atomic mass is 32.2. The van der Waals surface area contributed by atoms with Gasteiger partial charge in [0.2, 0.25) is 5.91 Å². The van der Waals surface area contributed by atoms with E-state index in [9.17, 15) is 4.79 Å². The molecule has 0 saturated heterocycles. The molecule has 1 amide bonds. The average Bonchev–Trinajstić information content (AvgIpc) is 3.09. The number of aromatic nitrogens is 4. The molecular formula is C21H19N5OS. The Balaban J connectivity index is 1.50. The van der Waals surface area contributed by atoms with E-state index < -0.39 is 0 Å². The summed E-state index contributed by atoms with van der Waals surface area (Å²) in [6.07, 6.45) is 1.74. The van der Waals surface area contributed by atoms with Gasteiger partial charge in [0.25, 0.3) is 0 Å². The molecule has 0 radical (unpaired) electrons. The van der Waals surface area contributed by atoms with E-state index in [0.717, 1.165) is 28.0 Å². The molecule has 4 aromatic rings. The molecule has 2 heterocycles. The number of amides is 1. The zero-order chi connectivity index (χ0) is 19.5. The number of nitrogens with one attached hydrogen (secondary N) is 1. The van der Waals surface area contributed by atoms with Gasteiger partial charge < -0.3 is 9.88 Å². The summed E-state index contributed by atoms with van der Waals surface area (Å²) < 4.78 is 1.91. The van der Waals surface area contributed by atoms with E-state index in [1.54, 1.807) is 6.20 Å². The number of hydrogen-bond donors (Lipinski definition) is 1. The van der Waals surface area contributed by atoms with Crippen LogP contribution in [0.25, 0.3) is 22.3 Å². The molecule has 0 aliphatic heterocycles. The van der Waals surface area contributed by atoms with Crippen LogP contribution in [0.3, 0.4) is 0 Å². The lowest BCUT2D eigenvalue weighted by Crippen LogP contribution is -2.23. The Labute approximate surface area is 167 Å². The summed E-state index contributed by atoms with van der Waals surface area (Å²) in [6.45, 7) is 1.86. The molecule has 1 atom stereocenters. The summed E-state index contributed by atoms with van der Waals surface area (Å²) >= 11 is 1.38. The van der Waals surface area contributed by atoms with Gasteiger partial charge >= 0.3 is 0 Å². The number of thioether (sulfide) groups is 1. The van der Waals surface area contributed by atoms with Gasteiger partial charge in [0, 0.05) is 24.2 Å². The number of rotatable bonds is 5. The van der Waals surface area contributed by atoms with E-state index in [2.05, 4.69) is 20.5 Å². The van der Waals surface area contributed by atoms with Crippen molar-refractivity contribution >= 4 is 34.3 Å². The summed E-state index contributed by atoms with van der Waals surface area (Å²) in [5, 5.41) is 12.8. The first-order valence-electron chi connectivity index (χ1n) is 8.89. The Morgan fingerprint density at radius 2 is 1.86 bits per heavy atom. The van der Waals surface area contributed by atoms with Gasteiger partial charge in [0.05, 0.1) is 16.5 Å². The predicted octanol–water partition coefficient (Wildman–Crippen LogP) is 4.15. The van der Waals surface area contributed by atoms with Gasteiger partial charge in [-0.2, -0.15) is 0 Å². The summed E-state index contributed by atoms with van der Waals surface area (Å²) in [5.41, 5.74) is 2.59. The molecule has 140 valence electrons. The molecule has 0 fully saturated rings. The van der Waals surface area contributed by atoms with E-state index in [1.807, 2.05) is 79.2 Å². The summed E-state index contributed by atoms with van der Waals surface area (Å²) in [7, 11) is 1.91. The molecule has 6 nitrogen and oxygen atoms in total. The standard InChI is InChI=1S/C21H19N5OS/c1-14(20(27)23-18-12-6-11-17-16(18)10-7-13-22-17)28-21-25-24-19(26(21)2)15-8-4-3-5-9-15/h3-14H,1-2H3,(H,23,27). The molecule has 1 N–H and O–H groups in total. The number of anilines is 1. The fourth-order valence-electron chi connectivity index (χ4n) is 2.91. The highest BCUT2D eigenvalue weighted by molar-refractivity contribution is 8.00. The fraction of sp³-hybridized carbons (Fsp3) is 0.143. The first-order chi connectivity index (χ1) is 13.6. The van der Waals surface area contributed by atoms with Crippen LogP contribution in [0, 0.1) is 0 Å². The molecule has 0 saturated carbocycles. The van der Waals surface area contributed by atoms with Crippen LogP contribution in [0.1, 0.15) is 6.92 Å². The lowest BCUT2D eigenvalue weighted by molar-refractivity contribution is -0.115. The Morgan fingerprint density at radius 3 is 2.68 bits per heavy atom. The second-order valence-electron chi connectivity index (χ2n) is 6.36. The zero-order valence-corrected chi connectivity index (χ0v) is 16.4. The van der Waals surface area contributed by atoms with Gasteiger partial charge in [-0.3, -0.25) is 9.78 Å². The summed E-state index contributed by atoms with van der Waals surface area (Å²) in [6, 6.07) is 19.4. The van der Waals surface area contributed by atoms with Gasteiger partial charge in [-0.15, -0.1) is 10.2 Å². The van der Waals surface area contributed by atoms with Crippen molar-refractivity contribution in [3.63, 3.8) is 0 Å². The minimum atomic E-state index is -0.335. The Morgan fingerprint density at radius 1 is 1.04 bits per heavy atom. The van der Waals surface area contributed by atoms with Crippen molar-refractivity contribution in [2.24, 2.45) is 7.05 Å². The van der Waals surface area contributed by atoms with Crippen LogP contribution in [0.2, 0.25) is 0 Å². The maximum atomic E-state index is 12.7. The third kappa shape index (κ3) is 3.61. The number of benzene rings is 2. The van der Waals surface area contributed by atoms with Gasteiger partial charge in [-0.25, -0.2) is 0 Å². The molecule has 0 spiro atoms. The molecule has 7 heteroatoms. The van der Waals surface area contributed by atoms with E-state index in [4.69, 9.17) is 0 Å². The highest BCUT2D eigenvalue weighted by Gasteiger charge is 2.20. The summed E-state index contributed by atoms with van der Waals surface area (Å²) in [4.78, 5) is 17.1. The largest absolute Gasteiger partial charge is 0.324 e. The van der Waals surface area contributed by atoms with Crippen LogP contribution >= 0.6 is 11.8 Å². The molecule has 2 aromatic carbocycles. The molecule has 0 bridgehead atoms. The van der Waals surface area contributed by atoms with Gasteiger partial charge in [0.15, 0.2) is 11.0 Å². The van der Waals surface area contributed by atoms with Gasteiger partial charge in [0.1, 0.15) is 0 Å². The third-order valence-electron chi connectivity index (χ3n) is 4.42. The summed E-state index contributed by atoms with van der Waals surface area (Å²) in [5.74, 6) is 0.682. The number of nitrogens with zero attached hydrogens (tertiary/aromatic N) is 4. The molecule has 28 heavy (non-hydrogen) atoms. The number of carbonyl (C=O) groups is 1. The highest BCUT2D eigenvalue weighted by Crippen LogP contribution is 2.27. The SMILES string of the molecule is CC(Sc1nnc(-c2ccccc2)n1C)C(=O)Nc1cccc2ncccc12. The Kier molecular flexibility index (Phi) is 5.08. The van der Waals surface area contributed by atoms with Crippen molar-refractivity contribution in [1.29, 1.82) is 0 Å². The van der Waals surface area contributed by atoms with Crippen molar-refractivity contribution in [2.75, 3.05) is 5.32 Å². The molecule has 4 rings (SSSR count). The lowest BCUT2D eigenvalue weighted by atomic mass is 10.2. The predicted molar refractivity (Wildman–Crippen MR) is 112 cm³/mol. The maximum Gasteiger partial charge on any atom is 0.237 e. The van der Waals surface area contributed by atoms with Crippen LogP contribution in [-0.4, -0.2) is 30.9 Å². The van der Waals surface area contributed by atoms with Crippen molar-refractivity contribution in [3.05, 3.63) is 66.9 Å². The number of pyridine rings is 1. The quantitative estimate of drug-likeness (QED) is 0.519. The van der Waals surface area contributed by atoms with E-state index in [-0.39, 0.29) is 11.2 Å². The first kappa shape index (κ1) is 18.2. The second-order valence-corrected chi connectivity index (χ2v) is 7.66. The fourth-order valence-corrected chi connectivity index (χ4v) is 3.73. The van der Waals surface area contributed by atoms with Crippen LogP contribution in [0.5, 0.6) is 0 Å². The molecule has 2 aromatic heterocycles. The number of carbonyl (C=O) groups excluding carboxylic acids is 1. The van der Waals surface area contributed by atoms with Gasteiger partial charge in [-0.1, -0.05) is 48.2 Å². The molecule has 0 aliphatic carbocycles. The third-order valence-corrected chi connectivity index (χ3v) is 5.56. The van der Waals surface area contributed by atoms with Crippen LogP contribution in [0.15, 0.2) is 72.0 Å². The Hall–Kier alpha value is -3.19. The van der Waals surface area contributed by atoms with Crippen LogP contribution < -0.4 is 5.32 Å². The second kappa shape index (κ2) is 7.82.